The third kappa shape index (κ3) is 4.35. The molecule has 0 spiro atoms. The van der Waals surface area contributed by atoms with Crippen LogP contribution in [0.5, 0.6) is 0 Å². The second-order valence-electron chi connectivity index (χ2n) is 8.69. The maximum atomic E-state index is 13.5. The molecular weight excluding hydrogens is 462 g/mol. The van der Waals surface area contributed by atoms with Gasteiger partial charge in [0.25, 0.3) is 5.56 Å². The summed E-state index contributed by atoms with van der Waals surface area (Å²) in [4.78, 5) is 26.6. The van der Waals surface area contributed by atoms with E-state index < -0.39 is 5.25 Å². The summed E-state index contributed by atoms with van der Waals surface area (Å²) in [6, 6.07) is 18.7. The first-order valence-corrected chi connectivity index (χ1v) is 12.2. The van der Waals surface area contributed by atoms with E-state index in [1.807, 2.05) is 73.7 Å². The number of para-hydroxylation sites is 1. The quantitative estimate of drug-likeness (QED) is 0.343. The van der Waals surface area contributed by atoms with E-state index in [4.69, 9.17) is 4.42 Å². The summed E-state index contributed by atoms with van der Waals surface area (Å²) in [6.07, 6.45) is 1.58. The van der Waals surface area contributed by atoms with Crippen molar-refractivity contribution in [1.29, 1.82) is 0 Å². The fourth-order valence-electron chi connectivity index (χ4n) is 3.98. The molecule has 5 rings (SSSR count). The maximum absolute atomic E-state index is 13.5. The van der Waals surface area contributed by atoms with Gasteiger partial charge in [0.05, 0.1) is 34.6 Å². The second-order valence-corrected chi connectivity index (χ2v) is 9.80. The Morgan fingerprint density at radius 2 is 1.83 bits per heavy atom. The fourth-order valence-corrected chi connectivity index (χ4v) is 5.04. The van der Waals surface area contributed by atoms with Crippen LogP contribution in [0.2, 0.25) is 0 Å². The number of carbonyl (C=O) groups excluding carboxylic acids is 1. The van der Waals surface area contributed by atoms with E-state index in [2.05, 4.69) is 15.5 Å². The minimum Gasteiger partial charge on any atom is -0.467 e. The van der Waals surface area contributed by atoms with Crippen LogP contribution in [0.3, 0.4) is 0 Å². The largest absolute Gasteiger partial charge is 0.467 e. The third-order valence-corrected chi connectivity index (χ3v) is 7.29. The number of furan rings is 1. The molecule has 0 saturated carbocycles. The molecule has 1 N–H and O–H groups in total. The number of carbonyl (C=O) groups is 1. The number of aromatic nitrogens is 4. The molecule has 0 bridgehead atoms. The number of rotatable bonds is 7. The predicted molar refractivity (Wildman–Crippen MR) is 136 cm³/mol. The lowest BCUT2D eigenvalue weighted by Gasteiger charge is -2.19. The molecule has 3 aromatic heterocycles. The summed E-state index contributed by atoms with van der Waals surface area (Å²) in [5, 5.41) is 12.4. The molecule has 8 nitrogen and oxygen atoms in total. The lowest BCUT2D eigenvalue weighted by atomic mass is 10.1. The van der Waals surface area contributed by atoms with E-state index >= 15 is 0 Å². The van der Waals surface area contributed by atoms with E-state index in [-0.39, 0.29) is 17.4 Å². The zero-order valence-electron chi connectivity index (χ0n) is 19.6. The first-order chi connectivity index (χ1) is 16.9. The Hall–Kier alpha value is -3.85. The van der Waals surface area contributed by atoms with Crippen molar-refractivity contribution in [2.45, 2.75) is 37.7 Å². The maximum Gasteiger partial charge on any atom is 0.267 e. The van der Waals surface area contributed by atoms with Crippen LogP contribution in [0.4, 0.5) is 0 Å². The molecule has 1 amide bonds. The molecule has 1 atom stereocenters. The van der Waals surface area contributed by atoms with Crippen molar-refractivity contribution in [1.82, 2.24) is 24.5 Å². The lowest BCUT2D eigenvalue weighted by Crippen LogP contribution is -2.35. The summed E-state index contributed by atoms with van der Waals surface area (Å²) in [5.74, 6) is 0.998. The Morgan fingerprint density at radius 1 is 1.06 bits per heavy atom. The van der Waals surface area contributed by atoms with E-state index in [9.17, 15) is 9.59 Å². The monoisotopic (exact) mass is 487 g/mol. The number of nitrogens with zero attached hydrogens (tertiary/aromatic N) is 4. The second kappa shape index (κ2) is 9.42. The average Bonchev–Trinajstić information content (AvgIpc) is 3.52. The molecule has 0 saturated heterocycles. The van der Waals surface area contributed by atoms with Crippen LogP contribution in [0, 0.1) is 12.8 Å². The summed E-state index contributed by atoms with van der Waals surface area (Å²) in [7, 11) is 0. The van der Waals surface area contributed by atoms with Gasteiger partial charge in [-0.3, -0.25) is 14.0 Å². The number of hydrogen-bond donors (Lipinski definition) is 1. The number of amides is 1. The van der Waals surface area contributed by atoms with Gasteiger partial charge in [-0.05, 0) is 49.2 Å². The van der Waals surface area contributed by atoms with Crippen molar-refractivity contribution in [3.05, 3.63) is 88.6 Å². The molecule has 0 aliphatic heterocycles. The zero-order valence-corrected chi connectivity index (χ0v) is 20.5. The Morgan fingerprint density at radius 3 is 2.54 bits per heavy atom. The predicted octanol–water partition coefficient (Wildman–Crippen LogP) is 4.37. The van der Waals surface area contributed by atoms with Gasteiger partial charge in [0.1, 0.15) is 5.76 Å². The van der Waals surface area contributed by atoms with Crippen molar-refractivity contribution in [3.63, 3.8) is 0 Å². The molecule has 0 aliphatic carbocycles. The van der Waals surface area contributed by atoms with Gasteiger partial charge in [0.2, 0.25) is 11.7 Å². The SMILES string of the molecule is Cc1ccc(-n2c(=O)c3ccccc3n3c(SC(C(=O)NCc4ccco4)C(C)C)nnc23)cc1. The highest BCUT2D eigenvalue weighted by Crippen LogP contribution is 2.30. The number of thioether (sulfide) groups is 1. The summed E-state index contributed by atoms with van der Waals surface area (Å²) in [5.41, 5.74) is 2.33. The van der Waals surface area contributed by atoms with Gasteiger partial charge in [-0.1, -0.05) is 55.4 Å². The van der Waals surface area contributed by atoms with Crippen molar-refractivity contribution >= 4 is 34.3 Å². The molecule has 3 heterocycles. The Balaban J connectivity index is 1.60. The van der Waals surface area contributed by atoms with E-state index in [0.717, 1.165) is 5.56 Å². The summed E-state index contributed by atoms with van der Waals surface area (Å²) in [6.45, 7) is 6.30. The Kier molecular flexibility index (Phi) is 6.17. The number of fused-ring (bicyclic) bond motifs is 3. The van der Waals surface area contributed by atoms with E-state index in [1.54, 1.807) is 23.0 Å². The molecule has 1 unspecified atom stereocenters. The minimum absolute atomic E-state index is 0.0261. The number of hydrogen-bond acceptors (Lipinski definition) is 6. The normalized spacial score (nSPS) is 12.5. The molecule has 0 aliphatic rings. The lowest BCUT2D eigenvalue weighted by molar-refractivity contribution is -0.121. The average molecular weight is 488 g/mol. The third-order valence-electron chi connectivity index (χ3n) is 5.80. The fraction of sp³-hybridized carbons (Fsp3) is 0.231. The van der Waals surface area contributed by atoms with Crippen molar-refractivity contribution in [3.8, 4) is 5.69 Å². The molecule has 178 valence electrons. The Bertz CT molecular complexity index is 1550. The van der Waals surface area contributed by atoms with Gasteiger partial charge in [0.15, 0.2) is 5.16 Å². The minimum atomic E-state index is -0.420. The first kappa shape index (κ1) is 22.9. The van der Waals surface area contributed by atoms with Crippen LogP contribution in [-0.2, 0) is 11.3 Å². The summed E-state index contributed by atoms with van der Waals surface area (Å²) < 4.78 is 8.76. The molecule has 2 aromatic carbocycles. The first-order valence-electron chi connectivity index (χ1n) is 11.4. The van der Waals surface area contributed by atoms with Crippen LogP contribution < -0.4 is 10.9 Å². The Labute approximate surface area is 206 Å². The molecule has 5 aromatic rings. The van der Waals surface area contributed by atoms with Gasteiger partial charge in [-0.2, -0.15) is 0 Å². The number of aryl methyl sites for hydroxylation is 1. The van der Waals surface area contributed by atoms with E-state index in [1.165, 1.54) is 11.8 Å². The zero-order chi connectivity index (χ0) is 24.5. The van der Waals surface area contributed by atoms with Gasteiger partial charge in [-0.25, -0.2) is 4.57 Å². The molecule has 9 heteroatoms. The molecule has 0 fully saturated rings. The summed E-state index contributed by atoms with van der Waals surface area (Å²) >= 11 is 1.34. The number of nitrogens with one attached hydrogen (secondary N) is 1. The molecule has 35 heavy (non-hydrogen) atoms. The molecule has 0 radical (unpaired) electrons. The van der Waals surface area contributed by atoms with E-state index in [0.29, 0.717) is 39.8 Å². The van der Waals surface area contributed by atoms with Gasteiger partial charge < -0.3 is 9.73 Å². The van der Waals surface area contributed by atoms with Crippen LogP contribution in [0.1, 0.15) is 25.2 Å². The smallest absolute Gasteiger partial charge is 0.267 e. The van der Waals surface area contributed by atoms with Crippen LogP contribution in [-0.4, -0.2) is 30.3 Å². The van der Waals surface area contributed by atoms with Gasteiger partial charge >= 0.3 is 0 Å². The van der Waals surface area contributed by atoms with Gasteiger partial charge in [-0.15, -0.1) is 10.2 Å². The van der Waals surface area contributed by atoms with Crippen LogP contribution in [0.25, 0.3) is 22.4 Å². The van der Waals surface area contributed by atoms with Crippen molar-refractivity contribution in [2.24, 2.45) is 5.92 Å². The van der Waals surface area contributed by atoms with Crippen molar-refractivity contribution in [2.75, 3.05) is 0 Å². The number of benzene rings is 2. The van der Waals surface area contributed by atoms with Crippen molar-refractivity contribution < 1.29 is 9.21 Å². The molecular formula is C26H25N5O3S. The highest BCUT2D eigenvalue weighted by Gasteiger charge is 2.27. The highest BCUT2D eigenvalue weighted by molar-refractivity contribution is 8.00. The van der Waals surface area contributed by atoms with Gasteiger partial charge in [0, 0.05) is 0 Å². The van der Waals surface area contributed by atoms with Crippen LogP contribution >= 0.6 is 11.8 Å². The topological polar surface area (TPSA) is 94.4 Å². The highest BCUT2D eigenvalue weighted by atomic mass is 32.2. The van der Waals surface area contributed by atoms with Crippen LogP contribution in [0.15, 0.2) is 81.3 Å². The standard InChI is InChI=1S/C26H25N5O3S/c1-16(2)22(23(32)27-15-19-7-6-14-34-19)35-26-29-28-25-30(18-12-10-17(3)11-13-18)24(33)20-8-4-5-9-21(20)31(25)26/h4-14,16,22H,15H2,1-3H3,(H,27,32).